The number of aliphatic imine (C=N–C) groups is 1. The highest BCUT2D eigenvalue weighted by atomic mass is 16.5. The maximum absolute atomic E-state index is 5.43. The normalized spacial score (nSPS) is 23.1. The summed E-state index contributed by atoms with van der Waals surface area (Å²) in [4.78, 5) is 10.0. The Morgan fingerprint density at radius 1 is 1.00 bits per heavy atom. The third kappa shape index (κ3) is 5.97. The maximum atomic E-state index is 5.43. The zero-order valence-electron chi connectivity index (χ0n) is 19.4. The summed E-state index contributed by atoms with van der Waals surface area (Å²) >= 11 is 0. The van der Waals surface area contributed by atoms with Crippen molar-refractivity contribution in [2.24, 2.45) is 10.9 Å². The highest BCUT2D eigenvalue weighted by Crippen LogP contribution is 2.32. The van der Waals surface area contributed by atoms with E-state index >= 15 is 0 Å². The molecule has 0 aromatic heterocycles. The molecule has 1 atom stereocenters. The van der Waals surface area contributed by atoms with Crippen molar-refractivity contribution in [1.29, 1.82) is 0 Å². The van der Waals surface area contributed by atoms with E-state index in [9.17, 15) is 0 Å². The molecular weight excluding hydrogens is 390 g/mol. The third-order valence-corrected chi connectivity index (χ3v) is 6.77. The van der Waals surface area contributed by atoms with Gasteiger partial charge in [-0.3, -0.25) is 4.99 Å². The minimum atomic E-state index is 0.452. The number of benzene rings is 1. The fourth-order valence-corrected chi connectivity index (χ4v) is 4.77. The number of nitrogens with zero attached hydrogens (tertiary/aromatic N) is 3. The lowest BCUT2D eigenvalue weighted by atomic mass is 10.0. The molecule has 2 heterocycles. The summed E-state index contributed by atoms with van der Waals surface area (Å²) < 4.78 is 10.9. The topological polar surface area (TPSA) is 61.4 Å². The first-order valence-corrected chi connectivity index (χ1v) is 12.0. The highest BCUT2D eigenvalue weighted by molar-refractivity contribution is 5.80. The van der Waals surface area contributed by atoms with Gasteiger partial charge in [0.1, 0.15) is 11.5 Å². The van der Waals surface area contributed by atoms with Crippen LogP contribution in [0.25, 0.3) is 0 Å². The number of piperidine rings is 1. The van der Waals surface area contributed by atoms with E-state index in [-0.39, 0.29) is 0 Å². The van der Waals surface area contributed by atoms with Gasteiger partial charge in [0.25, 0.3) is 0 Å². The molecule has 31 heavy (non-hydrogen) atoms. The summed E-state index contributed by atoms with van der Waals surface area (Å²) in [6.45, 7) is 8.48. The van der Waals surface area contributed by atoms with Crippen molar-refractivity contribution in [3.05, 3.63) is 18.2 Å². The van der Waals surface area contributed by atoms with Crippen LogP contribution in [-0.4, -0.2) is 76.4 Å². The van der Waals surface area contributed by atoms with Crippen LogP contribution in [0.15, 0.2) is 23.2 Å². The summed E-state index contributed by atoms with van der Waals surface area (Å²) in [6, 6.07) is 7.44. The van der Waals surface area contributed by atoms with Crippen molar-refractivity contribution in [2.45, 2.75) is 51.1 Å². The van der Waals surface area contributed by atoms with Gasteiger partial charge in [0.2, 0.25) is 0 Å². The minimum Gasteiger partial charge on any atom is -0.497 e. The average molecular weight is 430 g/mol. The number of anilines is 1. The molecule has 3 fully saturated rings. The first kappa shape index (κ1) is 22.1. The third-order valence-electron chi connectivity index (χ3n) is 6.77. The molecule has 4 rings (SSSR count). The monoisotopic (exact) mass is 429 g/mol. The van der Waals surface area contributed by atoms with E-state index < -0.39 is 0 Å². The second-order valence-electron chi connectivity index (χ2n) is 9.08. The van der Waals surface area contributed by atoms with Gasteiger partial charge in [0.05, 0.1) is 14.2 Å². The van der Waals surface area contributed by atoms with Crippen molar-refractivity contribution >= 4 is 11.6 Å². The molecule has 7 nitrogen and oxygen atoms in total. The van der Waals surface area contributed by atoms with E-state index in [4.69, 9.17) is 14.5 Å². The summed E-state index contributed by atoms with van der Waals surface area (Å²) in [5.74, 6) is 3.36. The second kappa shape index (κ2) is 10.4. The lowest BCUT2D eigenvalue weighted by Crippen LogP contribution is -2.49. The van der Waals surface area contributed by atoms with E-state index in [1.54, 1.807) is 14.2 Å². The van der Waals surface area contributed by atoms with Crippen molar-refractivity contribution in [3.8, 4) is 11.5 Å². The number of rotatable bonds is 8. The van der Waals surface area contributed by atoms with Crippen LogP contribution < -0.4 is 25.0 Å². The Morgan fingerprint density at radius 3 is 2.32 bits per heavy atom. The molecule has 1 aliphatic carbocycles. The number of likely N-dealkylation sites (tertiary alicyclic amines) is 1. The van der Waals surface area contributed by atoms with Crippen LogP contribution in [0.2, 0.25) is 0 Å². The largest absolute Gasteiger partial charge is 0.497 e. The van der Waals surface area contributed by atoms with Crippen molar-refractivity contribution < 1.29 is 9.47 Å². The Bertz CT molecular complexity index is 721. The van der Waals surface area contributed by atoms with E-state index in [1.165, 1.54) is 32.4 Å². The molecule has 2 N–H and O–H groups in total. The molecular formula is C24H39N5O2. The van der Waals surface area contributed by atoms with Crippen LogP contribution in [0.4, 0.5) is 5.69 Å². The van der Waals surface area contributed by atoms with Crippen LogP contribution in [0.3, 0.4) is 0 Å². The predicted molar refractivity (Wildman–Crippen MR) is 127 cm³/mol. The predicted octanol–water partition coefficient (Wildman–Crippen LogP) is 2.71. The van der Waals surface area contributed by atoms with E-state index in [1.807, 2.05) is 6.07 Å². The van der Waals surface area contributed by atoms with Crippen LogP contribution in [0.1, 0.15) is 39.0 Å². The second-order valence-corrected chi connectivity index (χ2v) is 9.08. The average Bonchev–Trinajstić information content (AvgIpc) is 3.55. The van der Waals surface area contributed by atoms with E-state index in [0.717, 1.165) is 68.2 Å². The van der Waals surface area contributed by atoms with Gasteiger partial charge in [0, 0.05) is 68.7 Å². The maximum Gasteiger partial charge on any atom is 0.191 e. The smallest absolute Gasteiger partial charge is 0.191 e. The Morgan fingerprint density at radius 2 is 1.71 bits per heavy atom. The molecule has 0 amide bonds. The van der Waals surface area contributed by atoms with Gasteiger partial charge in [-0.2, -0.15) is 0 Å². The Hall–Kier alpha value is -2.15. The molecule has 3 aliphatic rings. The van der Waals surface area contributed by atoms with Crippen LogP contribution in [0, 0.1) is 5.92 Å². The van der Waals surface area contributed by atoms with Crippen molar-refractivity contribution in [2.75, 3.05) is 58.4 Å². The van der Waals surface area contributed by atoms with Gasteiger partial charge in [-0.25, -0.2) is 0 Å². The molecule has 0 radical (unpaired) electrons. The highest BCUT2D eigenvalue weighted by Gasteiger charge is 2.34. The number of nitrogens with one attached hydrogen (secondary N) is 2. The Kier molecular flexibility index (Phi) is 7.43. The first-order chi connectivity index (χ1) is 15.2. The molecule has 172 valence electrons. The van der Waals surface area contributed by atoms with Crippen molar-refractivity contribution in [3.63, 3.8) is 0 Å². The fourth-order valence-electron chi connectivity index (χ4n) is 4.77. The number of ether oxygens (including phenoxy) is 2. The van der Waals surface area contributed by atoms with Gasteiger partial charge in [0.15, 0.2) is 5.96 Å². The summed E-state index contributed by atoms with van der Waals surface area (Å²) in [7, 11) is 3.40. The molecule has 1 aromatic rings. The zero-order valence-corrected chi connectivity index (χ0v) is 19.4. The lowest BCUT2D eigenvalue weighted by Gasteiger charge is -2.35. The van der Waals surface area contributed by atoms with Gasteiger partial charge >= 0.3 is 0 Å². The van der Waals surface area contributed by atoms with Gasteiger partial charge in [-0.1, -0.05) is 0 Å². The number of methoxy groups -OCH3 is 2. The number of hydrogen-bond donors (Lipinski definition) is 2. The SMILES string of the molecule is CCNC(=NCC1CCN(C2CC2)C1)NC1CCN(c2cc(OC)cc(OC)c2)CC1. The molecule has 2 saturated heterocycles. The number of hydrogen-bond acceptors (Lipinski definition) is 5. The van der Waals surface area contributed by atoms with Gasteiger partial charge in [-0.15, -0.1) is 0 Å². The van der Waals surface area contributed by atoms with Crippen LogP contribution in [0.5, 0.6) is 11.5 Å². The fraction of sp³-hybridized carbons (Fsp3) is 0.708. The quantitative estimate of drug-likeness (QED) is 0.489. The molecule has 7 heteroatoms. The zero-order chi connectivity index (χ0) is 21.6. The Balaban J connectivity index is 1.28. The molecule has 0 spiro atoms. The van der Waals surface area contributed by atoms with E-state index in [0.29, 0.717) is 12.0 Å². The van der Waals surface area contributed by atoms with Crippen molar-refractivity contribution in [1.82, 2.24) is 15.5 Å². The molecule has 2 aliphatic heterocycles. The van der Waals surface area contributed by atoms with Gasteiger partial charge < -0.3 is 29.9 Å². The lowest BCUT2D eigenvalue weighted by molar-refractivity contribution is 0.315. The standard InChI is InChI=1S/C24H39N5O2/c1-4-25-24(26-16-18-7-10-29(17-18)20-5-6-20)27-19-8-11-28(12-9-19)21-13-22(30-2)15-23(14-21)31-3/h13-15,18-20H,4-12,16-17H2,1-3H3,(H2,25,26,27). The molecule has 0 bridgehead atoms. The van der Waals surface area contributed by atoms with Gasteiger partial charge in [-0.05, 0) is 51.5 Å². The summed E-state index contributed by atoms with van der Waals surface area (Å²) in [5.41, 5.74) is 1.16. The minimum absolute atomic E-state index is 0.452. The molecule has 1 aromatic carbocycles. The first-order valence-electron chi connectivity index (χ1n) is 12.0. The van der Waals surface area contributed by atoms with Crippen LogP contribution in [-0.2, 0) is 0 Å². The summed E-state index contributed by atoms with van der Waals surface area (Å²) in [6.07, 6.45) is 6.27. The summed E-state index contributed by atoms with van der Waals surface area (Å²) in [5, 5.41) is 7.15. The molecule has 1 unspecified atom stereocenters. The van der Waals surface area contributed by atoms with Crippen LogP contribution >= 0.6 is 0 Å². The number of guanidine groups is 1. The molecule has 1 saturated carbocycles. The van der Waals surface area contributed by atoms with E-state index in [2.05, 4.69) is 39.5 Å². The Labute approximate surface area is 187 Å².